The summed E-state index contributed by atoms with van der Waals surface area (Å²) in [7, 11) is 1.59. The number of aromatic nitrogens is 2. The Hall–Kier alpha value is -3.88. The lowest BCUT2D eigenvalue weighted by Gasteiger charge is -2.16. The Kier molecular flexibility index (Phi) is 6.34. The molecule has 0 spiro atoms. The summed E-state index contributed by atoms with van der Waals surface area (Å²) in [5, 5.41) is 10.4. The molecule has 2 aromatic carbocycles. The van der Waals surface area contributed by atoms with E-state index in [2.05, 4.69) is 22.4 Å². The molecule has 1 aliphatic rings. The molecule has 0 radical (unpaired) electrons. The summed E-state index contributed by atoms with van der Waals surface area (Å²) in [6.45, 7) is 2.30. The van der Waals surface area contributed by atoms with Crippen molar-refractivity contribution >= 4 is 23.5 Å². The minimum absolute atomic E-state index is 0.0229. The molecule has 1 saturated heterocycles. The van der Waals surface area contributed by atoms with Crippen LogP contribution in [0.15, 0.2) is 52.9 Å². The normalized spacial score (nSPS) is 15.6. The smallest absolute Gasteiger partial charge is 0.322 e. The van der Waals surface area contributed by atoms with Gasteiger partial charge in [0, 0.05) is 18.7 Å². The first-order valence-electron chi connectivity index (χ1n) is 10.3. The van der Waals surface area contributed by atoms with E-state index in [0.717, 1.165) is 17.9 Å². The summed E-state index contributed by atoms with van der Waals surface area (Å²) in [5.41, 5.74) is 1.96. The molecule has 1 N–H and O–H groups in total. The van der Waals surface area contributed by atoms with E-state index in [9.17, 15) is 9.59 Å². The zero-order valence-corrected chi connectivity index (χ0v) is 17.9. The maximum absolute atomic E-state index is 12.5. The van der Waals surface area contributed by atoms with Gasteiger partial charge in [-0.1, -0.05) is 24.2 Å². The molecule has 3 aromatic rings. The van der Waals surface area contributed by atoms with Crippen LogP contribution >= 0.6 is 0 Å². The second-order valence-electron chi connectivity index (χ2n) is 7.38. The molecular formula is C23H24N4O5. The highest BCUT2D eigenvalue weighted by Gasteiger charge is 2.35. The number of methoxy groups -OCH3 is 1. The number of rotatable bonds is 8. The van der Waals surface area contributed by atoms with Crippen molar-refractivity contribution in [1.29, 1.82) is 0 Å². The van der Waals surface area contributed by atoms with Gasteiger partial charge < -0.3 is 18.8 Å². The molecule has 0 saturated carbocycles. The summed E-state index contributed by atoms with van der Waals surface area (Å²) < 4.78 is 16.2. The van der Waals surface area contributed by atoms with Crippen LogP contribution in [0, 0.1) is 0 Å². The van der Waals surface area contributed by atoms with Crippen LogP contribution in [-0.2, 0) is 16.0 Å². The fraction of sp³-hybridized carbons (Fsp3) is 0.304. The van der Waals surface area contributed by atoms with Gasteiger partial charge in [0.15, 0.2) is 6.61 Å². The van der Waals surface area contributed by atoms with Gasteiger partial charge in [-0.3, -0.25) is 14.9 Å². The quantitative estimate of drug-likeness (QED) is 0.578. The van der Waals surface area contributed by atoms with Crippen LogP contribution in [0.2, 0.25) is 0 Å². The SMILES string of the molecule is CCc1ccc(OCC(=O)Nc2nnc([C@@H]3CC(=O)N(c4ccc(OC)cc4)C3)o2)cc1. The van der Waals surface area contributed by atoms with Crippen molar-refractivity contribution in [2.45, 2.75) is 25.7 Å². The third-order valence-corrected chi connectivity index (χ3v) is 5.25. The average Bonchev–Trinajstić information content (AvgIpc) is 3.44. The number of anilines is 2. The third kappa shape index (κ3) is 4.88. The molecule has 1 aromatic heterocycles. The van der Waals surface area contributed by atoms with Crippen LogP contribution in [0.25, 0.3) is 0 Å². The first-order valence-corrected chi connectivity index (χ1v) is 10.3. The zero-order chi connectivity index (χ0) is 22.5. The lowest BCUT2D eigenvalue weighted by molar-refractivity contribution is -0.118. The van der Waals surface area contributed by atoms with E-state index in [0.29, 0.717) is 18.2 Å². The number of amides is 2. The second kappa shape index (κ2) is 9.51. The Labute approximate surface area is 185 Å². The van der Waals surface area contributed by atoms with Crippen LogP contribution in [0.4, 0.5) is 11.7 Å². The van der Waals surface area contributed by atoms with Gasteiger partial charge in [0.05, 0.1) is 13.0 Å². The molecular weight excluding hydrogens is 412 g/mol. The lowest BCUT2D eigenvalue weighted by Crippen LogP contribution is -2.24. The average molecular weight is 436 g/mol. The van der Waals surface area contributed by atoms with Crippen molar-refractivity contribution in [2.24, 2.45) is 0 Å². The number of nitrogens with one attached hydrogen (secondary N) is 1. The standard InChI is InChI=1S/C23H24N4O5/c1-3-15-4-8-19(9-5-15)31-14-20(28)24-23-26-25-22(32-23)16-12-21(29)27(13-16)17-6-10-18(30-2)11-7-17/h4-11,16H,3,12-14H2,1-2H3,(H,24,26,28)/t16-/m1/s1. The zero-order valence-electron chi connectivity index (χ0n) is 17.9. The van der Waals surface area contributed by atoms with Gasteiger partial charge in [-0.05, 0) is 48.4 Å². The third-order valence-electron chi connectivity index (χ3n) is 5.25. The topological polar surface area (TPSA) is 107 Å². The molecule has 9 heteroatoms. The van der Waals surface area contributed by atoms with Crippen molar-refractivity contribution in [3.63, 3.8) is 0 Å². The van der Waals surface area contributed by atoms with E-state index in [1.165, 1.54) is 5.56 Å². The van der Waals surface area contributed by atoms with Gasteiger partial charge >= 0.3 is 6.01 Å². The van der Waals surface area contributed by atoms with E-state index in [1.54, 1.807) is 24.1 Å². The molecule has 1 aliphatic heterocycles. The number of aryl methyl sites for hydroxylation is 1. The molecule has 0 bridgehead atoms. The number of hydrogen-bond acceptors (Lipinski definition) is 7. The number of benzene rings is 2. The first kappa shape index (κ1) is 21.4. The number of hydrogen-bond donors (Lipinski definition) is 1. The van der Waals surface area contributed by atoms with Crippen LogP contribution in [0.1, 0.15) is 30.7 Å². The van der Waals surface area contributed by atoms with Crippen LogP contribution in [0.5, 0.6) is 11.5 Å². The van der Waals surface area contributed by atoms with Crippen molar-refractivity contribution in [3.8, 4) is 11.5 Å². The van der Waals surface area contributed by atoms with Gasteiger partial charge in [0.2, 0.25) is 11.8 Å². The summed E-state index contributed by atoms with van der Waals surface area (Å²) in [5.74, 6) is 0.924. The second-order valence-corrected chi connectivity index (χ2v) is 7.38. The highest BCUT2D eigenvalue weighted by Crippen LogP contribution is 2.32. The molecule has 2 heterocycles. The Morgan fingerprint density at radius 2 is 1.84 bits per heavy atom. The number of carbonyl (C=O) groups is 2. The number of nitrogens with zero attached hydrogens (tertiary/aromatic N) is 3. The Bertz CT molecular complexity index is 1080. The first-order chi connectivity index (χ1) is 15.6. The van der Waals surface area contributed by atoms with E-state index in [4.69, 9.17) is 13.9 Å². The molecule has 9 nitrogen and oxygen atoms in total. The van der Waals surface area contributed by atoms with Crippen LogP contribution in [0.3, 0.4) is 0 Å². The molecule has 32 heavy (non-hydrogen) atoms. The van der Waals surface area contributed by atoms with E-state index in [-0.39, 0.29) is 30.9 Å². The van der Waals surface area contributed by atoms with Crippen molar-refractivity contribution in [1.82, 2.24) is 10.2 Å². The molecule has 0 unspecified atom stereocenters. The fourth-order valence-corrected chi connectivity index (χ4v) is 3.46. The van der Waals surface area contributed by atoms with Gasteiger partial charge in [-0.15, -0.1) is 5.10 Å². The van der Waals surface area contributed by atoms with E-state index >= 15 is 0 Å². The van der Waals surface area contributed by atoms with E-state index in [1.807, 2.05) is 36.4 Å². The van der Waals surface area contributed by atoms with E-state index < -0.39 is 5.91 Å². The maximum atomic E-state index is 12.5. The Morgan fingerprint density at radius 1 is 1.12 bits per heavy atom. The van der Waals surface area contributed by atoms with Crippen LogP contribution < -0.4 is 19.7 Å². The molecule has 1 fully saturated rings. The maximum Gasteiger partial charge on any atom is 0.322 e. The largest absolute Gasteiger partial charge is 0.497 e. The van der Waals surface area contributed by atoms with Crippen molar-refractivity contribution in [3.05, 3.63) is 60.0 Å². The minimum Gasteiger partial charge on any atom is -0.497 e. The molecule has 1 atom stereocenters. The predicted molar refractivity (Wildman–Crippen MR) is 117 cm³/mol. The molecule has 2 amide bonds. The van der Waals surface area contributed by atoms with Gasteiger partial charge in [0.1, 0.15) is 11.5 Å². The Balaban J connectivity index is 1.31. The number of carbonyl (C=O) groups excluding carboxylic acids is 2. The Morgan fingerprint density at radius 3 is 2.53 bits per heavy atom. The highest BCUT2D eigenvalue weighted by molar-refractivity contribution is 5.96. The highest BCUT2D eigenvalue weighted by atomic mass is 16.5. The summed E-state index contributed by atoms with van der Waals surface area (Å²) >= 11 is 0. The lowest BCUT2D eigenvalue weighted by atomic mass is 10.1. The summed E-state index contributed by atoms with van der Waals surface area (Å²) in [4.78, 5) is 26.3. The molecule has 0 aliphatic carbocycles. The van der Waals surface area contributed by atoms with Gasteiger partial charge in [-0.2, -0.15) is 0 Å². The van der Waals surface area contributed by atoms with Gasteiger partial charge in [0.25, 0.3) is 5.91 Å². The minimum atomic E-state index is -0.415. The van der Waals surface area contributed by atoms with Crippen molar-refractivity contribution < 1.29 is 23.5 Å². The predicted octanol–water partition coefficient (Wildman–Crippen LogP) is 3.18. The summed E-state index contributed by atoms with van der Waals surface area (Å²) in [6.07, 6.45) is 1.18. The molecule has 166 valence electrons. The van der Waals surface area contributed by atoms with Gasteiger partial charge in [-0.25, -0.2) is 0 Å². The molecule has 4 rings (SSSR count). The van der Waals surface area contributed by atoms with Crippen molar-refractivity contribution in [2.75, 3.05) is 30.5 Å². The van der Waals surface area contributed by atoms with Crippen LogP contribution in [-0.4, -0.2) is 42.3 Å². The monoisotopic (exact) mass is 436 g/mol. The summed E-state index contributed by atoms with van der Waals surface area (Å²) in [6, 6.07) is 14.8. The fourth-order valence-electron chi connectivity index (χ4n) is 3.46. The number of ether oxygens (including phenoxy) is 2.